The van der Waals surface area contributed by atoms with E-state index in [-0.39, 0.29) is 18.0 Å². The molecule has 1 atom stereocenters. The van der Waals surface area contributed by atoms with E-state index in [0.29, 0.717) is 37.6 Å². The molecular formula is C28H30N4O4. The number of nitrogens with zero attached hydrogens (tertiary/aromatic N) is 3. The van der Waals surface area contributed by atoms with Crippen molar-refractivity contribution in [1.29, 1.82) is 0 Å². The van der Waals surface area contributed by atoms with Crippen LogP contribution in [0.2, 0.25) is 0 Å². The van der Waals surface area contributed by atoms with Crippen molar-refractivity contribution in [1.82, 2.24) is 14.4 Å². The van der Waals surface area contributed by atoms with Crippen LogP contribution in [0.4, 0.5) is 10.5 Å². The number of aromatic nitrogens is 1. The molecule has 3 amide bonds. The van der Waals surface area contributed by atoms with Gasteiger partial charge in [-0.1, -0.05) is 30.3 Å². The van der Waals surface area contributed by atoms with Gasteiger partial charge in [0.2, 0.25) is 5.71 Å². The standard InChI is InChI=1S/C28H30N4O4/c1-19-7-4-5-10-24(19)29-28(34)31-13-12-30(17-20(31)2)26(33)25-16-22-11-14-36-27(22)32(25)18-21-8-6-9-23(15-21)35-3/h4-11,14-16,20H,12-13,17-18H2,1-3H3,(H,29,34). The number of benzene rings is 2. The van der Waals surface area contributed by atoms with E-state index in [1.165, 1.54) is 0 Å². The molecule has 36 heavy (non-hydrogen) atoms. The van der Waals surface area contributed by atoms with E-state index in [9.17, 15) is 9.59 Å². The summed E-state index contributed by atoms with van der Waals surface area (Å²) in [7, 11) is 1.64. The topological polar surface area (TPSA) is 80.0 Å². The Morgan fingerprint density at radius 2 is 1.92 bits per heavy atom. The van der Waals surface area contributed by atoms with Crippen LogP contribution in [0.25, 0.3) is 11.1 Å². The molecule has 5 rings (SSSR count). The number of fused-ring (bicyclic) bond motifs is 1. The smallest absolute Gasteiger partial charge is 0.322 e. The van der Waals surface area contributed by atoms with Crippen LogP contribution in [0, 0.1) is 6.92 Å². The monoisotopic (exact) mass is 486 g/mol. The lowest BCUT2D eigenvalue weighted by molar-refractivity contribution is 0.0582. The number of piperazine rings is 1. The highest BCUT2D eigenvalue weighted by Gasteiger charge is 2.32. The summed E-state index contributed by atoms with van der Waals surface area (Å²) in [5.74, 6) is 0.687. The highest BCUT2D eigenvalue weighted by Crippen LogP contribution is 2.26. The second kappa shape index (κ2) is 9.81. The normalized spacial score (nSPS) is 15.8. The number of methoxy groups -OCH3 is 1. The Morgan fingerprint density at radius 3 is 2.69 bits per heavy atom. The average molecular weight is 487 g/mol. The van der Waals surface area contributed by atoms with Crippen LogP contribution in [0.15, 0.2) is 71.3 Å². The Labute approximate surface area is 210 Å². The first-order valence-corrected chi connectivity index (χ1v) is 12.1. The van der Waals surface area contributed by atoms with Crippen LogP contribution in [0.5, 0.6) is 5.75 Å². The van der Waals surface area contributed by atoms with Gasteiger partial charge >= 0.3 is 6.03 Å². The van der Waals surface area contributed by atoms with Crippen molar-refractivity contribution in [3.8, 4) is 5.75 Å². The summed E-state index contributed by atoms with van der Waals surface area (Å²) in [4.78, 5) is 30.2. The van der Waals surface area contributed by atoms with Crippen LogP contribution in [-0.2, 0) is 6.54 Å². The fraction of sp³-hybridized carbons (Fsp3) is 0.286. The minimum Gasteiger partial charge on any atom is -0.497 e. The van der Waals surface area contributed by atoms with Crippen molar-refractivity contribution >= 4 is 28.7 Å². The molecule has 0 spiro atoms. The molecule has 8 heteroatoms. The predicted octanol–water partition coefficient (Wildman–Crippen LogP) is 4.98. The molecule has 8 nitrogen and oxygen atoms in total. The zero-order valence-corrected chi connectivity index (χ0v) is 20.7. The Hall–Kier alpha value is -4.20. The van der Waals surface area contributed by atoms with Gasteiger partial charge in [-0.3, -0.25) is 4.79 Å². The maximum absolute atomic E-state index is 13.7. The van der Waals surface area contributed by atoms with E-state index in [1.54, 1.807) is 18.3 Å². The van der Waals surface area contributed by atoms with Gasteiger partial charge < -0.3 is 28.8 Å². The van der Waals surface area contributed by atoms with Crippen LogP contribution in [0.1, 0.15) is 28.5 Å². The SMILES string of the molecule is COc1cccc(Cn2c(C(=O)N3CCN(C(=O)Nc4ccccc4C)C(C)C3)cc3ccoc32)c1. The number of hydrogen-bond donors (Lipinski definition) is 1. The lowest BCUT2D eigenvalue weighted by Crippen LogP contribution is -2.56. The quantitative estimate of drug-likeness (QED) is 0.432. The van der Waals surface area contributed by atoms with Crippen LogP contribution < -0.4 is 10.1 Å². The summed E-state index contributed by atoms with van der Waals surface area (Å²) in [6, 6.07) is 18.9. The molecule has 1 aliphatic rings. The first-order valence-electron chi connectivity index (χ1n) is 12.1. The molecule has 0 bridgehead atoms. The molecule has 186 valence electrons. The Kier molecular flexibility index (Phi) is 6.41. The summed E-state index contributed by atoms with van der Waals surface area (Å²) >= 11 is 0. The number of hydrogen-bond acceptors (Lipinski definition) is 4. The molecule has 0 saturated carbocycles. The van der Waals surface area contributed by atoms with Crippen molar-refractivity contribution < 1.29 is 18.7 Å². The zero-order chi connectivity index (χ0) is 25.2. The minimum atomic E-state index is -0.150. The molecule has 0 radical (unpaired) electrons. The fourth-order valence-electron chi connectivity index (χ4n) is 4.77. The minimum absolute atomic E-state index is 0.0740. The highest BCUT2D eigenvalue weighted by molar-refractivity contribution is 5.98. The second-order valence-electron chi connectivity index (χ2n) is 9.19. The van der Waals surface area contributed by atoms with Gasteiger partial charge in [0.25, 0.3) is 5.91 Å². The van der Waals surface area contributed by atoms with Crippen molar-refractivity contribution in [3.63, 3.8) is 0 Å². The summed E-state index contributed by atoms with van der Waals surface area (Å²) in [5, 5.41) is 3.88. The van der Waals surface area contributed by atoms with E-state index in [2.05, 4.69) is 5.32 Å². The number of furan rings is 1. The first-order chi connectivity index (χ1) is 17.4. The third-order valence-corrected chi connectivity index (χ3v) is 6.76. The number of rotatable bonds is 5. The summed E-state index contributed by atoms with van der Waals surface area (Å²) in [5.41, 5.74) is 4.03. The Morgan fingerprint density at radius 1 is 1.08 bits per heavy atom. The summed E-state index contributed by atoms with van der Waals surface area (Å²) in [6.45, 7) is 5.77. The Balaban J connectivity index is 1.33. The van der Waals surface area contributed by atoms with E-state index in [4.69, 9.17) is 9.15 Å². The number of anilines is 1. The number of amides is 3. The van der Waals surface area contributed by atoms with Crippen molar-refractivity contribution in [3.05, 3.63) is 83.7 Å². The molecule has 2 aromatic carbocycles. The number of urea groups is 1. The van der Waals surface area contributed by atoms with Crippen molar-refractivity contribution in [2.45, 2.75) is 26.4 Å². The Bertz CT molecular complexity index is 1410. The van der Waals surface area contributed by atoms with Gasteiger partial charge in [-0.15, -0.1) is 0 Å². The van der Waals surface area contributed by atoms with Gasteiger partial charge in [0.15, 0.2) is 0 Å². The third-order valence-electron chi connectivity index (χ3n) is 6.76. The van der Waals surface area contributed by atoms with E-state index in [1.807, 2.05) is 84.0 Å². The molecule has 2 aromatic heterocycles. The number of ether oxygens (including phenoxy) is 1. The van der Waals surface area contributed by atoms with Crippen molar-refractivity contribution in [2.24, 2.45) is 0 Å². The molecule has 1 unspecified atom stereocenters. The van der Waals surface area contributed by atoms with E-state index in [0.717, 1.165) is 28.0 Å². The molecule has 1 N–H and O–H groups in total. The number of aryl methyl sites for hydroxylation is 1. The van der Waals surface area contributed by atoms with Crippen molar-refractivity contribution in [2.75, 3.05) is 32.1 Å². The molecule has 1 fully saturated rings. The molecule has 3 heterocycles. The van der Waals surface area contributed by atoms with Gasteiger partial charge in [0, 0.05) is 36.7 Å². The first kappa shape index (κ1) is 23.5. The van der Waals surface area contributed by atoms with Gasteiger partial charge in [-0.05, 0) is 55.3 Å². The average Bonchev–Trinajstić information content (AvgIpc) is 3.47. The number of para-hydroxylation sites is 1. The zero-order valence-electron chi connectivity index (χ0n) is 20.7. The maximum Gasteiger partial charge on any atom is 0.322 e. The molecule has 1 saturated heterocycles. The van der Waals surface area contributed by atoms with Gasteiger partial charge in [-0.2, -0.15) is 0 Å². The molecule has 0 aliphatic carbocycles. The molecule has 4 aromatic rings. The lowest BCUT2D eigenvalue weighted by Gasteiger charge is -2.39. The van der Waals surface area contributed by atoms with Crippen LogP contribution in [0.3, 0.4) is 0 Å². The molecular weight excluding hydrogens is 456 g/mol. The van der Waals surface area contributed by atoms with Gasteiger partial charge in [0.05, 0.1) is 19.9 Å². The third kappa shape index (κ3) is 4.54. The number of carbonyl (C=O) groups excluding carboxylic acids is 2. The second-order valence-corrected chi connectivity index (χ2v) is 9.19. The van der Waals surface area contributed by atoms with E-state index >= 15 is 0 Å². The van der Waals surface area contributed by atoms with Gasteiger partial charge in [0.1, 0.15) is 11.4 Å². The fourth-order valence-corrected chi connectivity index (χ4v) is 4.77. The molecule has 1 aliphatic heterocycles. The predicted molar refractivity (Wildman–Crippen MR) is 139 cm³/mol. The number of carbonyl (C=O) groups is 2. The summed E-state index contributed by atoms with van der Waals surface area (Å²) < 4.78 is 13.0. The van der Waals surface area contributed by atoms with Gasteiger partial charge in [-0.25, -0.2) is 4.79 Å². The van der Waals surface area contributed by atoms with E-state index < -0.39 is 0 Å². The highest BCUT2D eigenvalue weighted by atomic mass is 16.5. The van der Waals surface area contributed by atoms with Crippen LogP contribution >= 0.6 is 0 Å². The largest absolute Gasteiger partial charge is 0.497 e. The number of nitrogens with one attached hydrogen (secondary N) is 1. The summed E-state index contributed by atoms with van der Waals surface area (Å²) in [6.07, 6.45) is 1.63. The lowest BCUT2D eigenvalue weighted by atomic mass is 10.1. The van der Waals surface area contributed by atoms with Crippen LogP contribution in [-0.4, -0.2) is 59.1 Å². The maximum atomic E-state index is 13.7.